The number of pyridine rings is 1. The van der Waals surface area contributed by atoms with Crippen LogP contribution in [0.5, 0.6) is 5.75 Å². The molecule has 3 heterocycles. The Kier molecular flexibility index (Phi) is 4.09. The predicted molar refractivity (Wildman–Crippen MR) is 94.4 cm³/mol. The van der Waals surface area contributed by atoms with Gasteiger partial charge in [-0.15, -0.1) is 0 Å². The van der Waals surface area contributed by atoms with Gasteiger partial charge in [0.05, 0.1) is 6.04 Å². The summed E-state index contributed by atoms with van der Waals surface area (Å²) < 4.78 is 7.73. The lowest BCUT2D eigenvalue weighted by atomic mass is 10.2. The predicted octanol–water partition coefficient (Wildman–Crippen LogP) is 2.59. The fourth-order valence-electron chi connectivity index (χ4n) is 3.41. The second-order valence-corrected chi connectivity index (χ2v) is 6.26. The van der Waals surface area contributed by atoms with Gasteiger partial charge in [-0.3, -0.25) is 4.79 Å². The maximum Gasteiger partial charge on any atom is 0.260 e. The number of amides is 1. The average molecular weight is 336 g/mol. The minimum absolute atomic E-state index is 0.0152. The van der Waals surface area contributed by atoms with Crippen LogP contribution in [0, 0.1) is 6.92 Å². The van der Waals surface area contributed by atoms with Crippen molar-refractivity contribution in [3.8, 4) is 5.75 Å². The third-order valence-electron chi connectivity index (χ3n) is 4.61. The molecule has 1 atom stereocenters. The summed E-state index contributed by atoms with van der Waals surface area (Å²) in [5.41, 5.74) is 1.79. The summed E-state index contributed by atoms with van der Waals surface area (Å²) in [6, 6.07) is 13.5. The molecule has 1 fully saturated rings. The largest absolute Gasteiger partial charge is 0.484 e. The molecule has 0 unspecified atom stereocenters. The first kappa shape index (κ1) is 15.6. The Bertz CT molecular complexity index is 891. The molecule has 0 radical (unpaired) electrons. The molecule has 0 N–H and O–H groups in total. The first-order valence-electron chi connectivity index (χ1n) is 8.47. The highest BCUT2D eigenvalue weighted by Gasteiger charge is 2.29. The van der Waals surface area contributed by atoms with Crippen molar-refractivity contribution in [2.45, 2.75) is 19.4 Å². The highest BCUT2D eigenvalue weighted by atomic mass is 16.5. The maximum absolute atomic E-state index is 12.4. The average Bonchev–Trinajstić information content (AvgIpc) is 3.24. The smallest absolute Gasteiger partial charge is 0.260 e. The van der Waals surface area contributed by atoms with E-state index in [2.05, 4.69) is 14.5 Å². The second kappa shape index (κ2) is 6.55. The zero-order valence-electron chi connectivity index (χ0n) is 14.1. The Hall–Kier alpha value is -2.89. The van der Waals surface area contributed by atoms with Gasteiger partial charge in [0.15, 0.2) is 12.3 Å². The number of rotatable bonds is 4. The van der Waals surface area contributed by atoms with Crippen molar-refractivity contribution >= 4 is 17.1 Å². The molecule has 0 saturated carbocycles. The molecule has 0 aliphatic carbocycles. The van der Waals surface area contributed by atoms with Gasteiger partial charge in [-0.2, -0.15) is 0 Å². The van der Waals surface area contributed by atoms with Gasteiger partial charge in [0.1, 0.15) is 17.1 Å². The van der Waals surface area contributed by atoms with Crippen LogP contribution in [0.25, 0.3) is 11.2 Å². The molecule has 1 aliphatic rings. The van der Waals surface area contributed by atoms with Gasteiger partial charge in [-0.05, 0) is 37.6 Å². The second-order valence-electron chi connectivity index (χ2n) is 6.26. The molecular weight excluding hydrogens is 316 g/mol. The number of hydrogen-bond acceptors (Lipinski definition) is 4. The fraction of sp³-hybridized carbons (Fsp3) is 0.316. The summed E-state index contributed by atoms with van der Waals surface area (Å²) in [4.78, 5) is 23.3. The van der Waals surface area contributed by atoms with Gasteiger partial charge >= 0.3 is 0 Å². The van der Waals surface area contributed by atoms with Crippen molar-refractivity contribution in [1.82, 2.24) is 19.4 Å². The third kappa shape index (κ3) is 3.07. The molecule has 25 heavy (non-hydrogen) atoms. The van der Waals surface area contributed by atoms with Crippen LogP contribution in [-0.4, -0.2) is 45.0 Å². The van der Waals surface area contributed by atoms with Crippen LogP contribution < -0.4 is 4.74 Å². The molecule has 3 aromatic rings. The number of carbonyl (C=O) groups is 1. The minimum Gasteiger partial charge on any atom is -0.484 e. The van der Waals surface area contributed by atoms with E-state index < -0.39 is 0 Å². The number of aryl methyl sites for hydroxylation is 1. The highest BCUT2D eigenvalue weighted by Crippen LogP contribution is 2.27. The lowest BCUT2D eigenvalue weighted by Gasteiger charge is -2.18. The Morgan fingerprint density at radius 1 is 1.24 bits per heavy atom. The Balaban J connectivity index is 1.44. The first-order valence-corrected chi connectivity index (χ1v) is 8.47. The number of ether oxygens (including phenoxy) is 1. The van der Waals surface area contributed by atoms with Crippen LogP contribution in [0.4, 0.5) is 0 Å². The minimum atomic E-state index is 0.0152. The molecule has 1 aromatic carbocycles. The SMILES string of the molecule is Cc1nc2cccnc2n1[C@H]1CCN(C(=O)COc2ccccc2)C1. The molecule has 128 valence electrons. The van der Waals surface area contributed by atoms with E-state index in [1.165, 1.54) is 0 Å². The number of aromatic nitrogens is 3. The molecule has 6 nitrogen and oxygen atoms in total. The van der Waals surface area contributed by atoms with E-state index >= 15 is 0 Å². The molecular formula is C19H20N4O2. The molecule has 0 spiro atoms. The van der Waals surface area contributed by atoms with Crippen LogP contribution >= 0.6 is 0 Å². The monoisotopic (exact) mass is 336 g/mol. The lowest BCUT2D eigenvalue weighted by molar-refractivity contribution is -0.132. The summed E-state index contributed by atoms with van der Waals surface area (Å²) >= 11 is 0. The molecule has 4 rings (SSSR count). The quantitative estimate of drug-likeness (QED) is 0.735. The van der Waals surface area contributed by atoms with Crippen molar-refractivity contribution in [2.24, 2.45) is 0 Å². The zero-order chi connectivity index (χ0) is 17.2. The zero-order valence-corrected chi connectivity index (χ0v) is 14.1. The van der Waals surface area contributed by atoms with Gasteiger partial charge < -0.3 is 14.2 Å². The van der Waals surface area contributed by atoms with Gasteiger partial charge in [-0.25, -0.2) is 9.97 Å². The molecule has 2 aromatic heterocycles. The van der Waals surface area contributed by atoms with E-state index in [-0.39, 0.29) is 18.6 Å². The molecule has 1 aliphatic heterocycles. The van der Waals surface area contributed by atoms with Crippen LogP contribution in [-0.2, 0) is 4.79 Å². The van der Waals surface area contributed by atoms with Crippen molar-refractivity contribution in [1.29, 1.82) is 0 Å². The Morgan fingerprint density at radius 3 is 2.92 bits per heavy atom. The molecule has 1 saturated heterocycles. The van der Waals surface area contributed by atoms with Crippen molar-refractivity contribution in [3.63, 3.8) is 0 Å². The normalized spacial score (nSPS) is 17.2. The van der Waals surface area contributed by atoms with Gasteiger partial charge in [0.2, 0.25) is 0 Å². The first-order chi connectivity index (χ1) is 12.2. The summed E-state index contributed by atoms with van der Waals surface area (Å²) in [6.07, 6.45) is 2.69. The van der Waals surface area contributed by atoms with E-state index in [9.17, 15) is 4.79 Å². The van der Waals surface area contributed by atoms with E-state index in [1.807, 2.05) is 54.3 Å². The summed E-state index contributed by atoms with van der Waals surface area (Å²) in [7, 11) is 0. The fourth-order valence-corrected chi connectivity index (χ4v) is 3.41. The highest BCUT2D eigenvalue weighted by molar-refractivity contribution is 5.78. The van der Waals surface area contributed by atoms with Crippen LogP contribution in [0.15, 0.2) is 48.7 Å². The summed E-state index contributed by atoms with van der Waals surface area (Å²) in [5.74, 6) is 1.67. The topological polar surface area (TPSA) is 60.2 Å². The number of benzene rings is 1. The maximum atomic E-state index is 12.4. The number of likely N-dealkylation sites (tertiary alicyclic amines) is 1. The van der Waals surface area contributed by atoms with Crippen LogP contribution in [0.1, 0.15) is 18.3 Å². The molecule has 6 heteroatoms. The molecule has 1 amide bonds. The summed E-state index contributed by atoms with van der Waals surface area (Å²) in [5, 5.41) is 0. The number of hydrogen-bond donors (Lipinski definition) is 0. The number of nitrogens with zero attached hydrogens (tertiary/aromatic N) is 4. The number of para-hydroxylation sites is 1. The van der Waals surface area contributed by atoms with Crippen molar-refractivity contribution in [3.05, 3.63) is 54.5 Å². The van der Waals surface area contributed by atoms with Gasteiger partial charge in [0, 0.05) is 19.3 Å². The van der Waals surface area contributed by atoms with E-state index in [0.29, 0.717) is 12.3 Å². The van der Waals surface area contributed by atoms with Gasteiger partial charge in [0.25, 0.3) is 5.91 Å². The van der Waals surface area contributed by atoms with Crippen LogP contribution in [0.2, 0.25) is 0 Å². The standard InChI is InChI=1S/C19H20N4O2/c1-14-21-17-8-5-10-20-19(17)23(14)15-9-11-22(12-15)18(24)13-25-16-6-3-2-4-7-16/h2-8,10,15H,9,11-13H2,1H3/t15-/m0/s1. The van der Waals surface area contributed by atoms with Crippen LogP contribution in [0.3, 0.4) is 0 Å². The summed E-state index contributed by atoms with van der Waals surface area (Å²) in [6.45, 7) is 3.46. The van der Waals surface area contributed by atoms with Crippen molar-refractivity contribution in [2.75, 3.05) is 19.7 Å². The number of carbonyl (C=O) groups excluding carboxylic acids is 1. The third-order valence-corrected chi connectivity index (χ3v) is 4.61. The Labute approximate surface area is 146 Å². The van der Waals surface area contributed by atoms with Gasteiger partial charge in [-0.1, -0.05) is 18.2 Å². The Morgan fingerprint density at radius 2 is 2.08 bits per heavy atom. The van der Waals surface area contributed by atoms with E-state index in [0.717, 1.165) is 30.0 Å². The number of imidazole rings is 1. The molecule has 0 bridgehead atoms. The lowest BCUT2D eigenvalue weighted by Crippen LogP contribution is -2.33. The van der Waals surface area contributed by atoms with E-state index in [1.54, 1.807) is 6.20 Å². The number of fused-ring (bicyclic) bond motifs is 1. The van der Waals surface area contributed by atoms with E-state index in [4.69, 9.17) is 4.74 Å². The van der Waals surface area contributed by atoms with Crippen molar-refractivity contribution < 1.29 is 9.53 Å².